The van der Waals surface area contributed by atoms with Gasteiger partial charge in [-0.15, -0.1) is 0 Å². The second-order valence-electron chi connectivity index (χ2n) is 6.31. The van der Waals surface area contributed by atoms with Crippen molar-refractivity contribution in [1.82, 2.24) is 5.32 Å². The van der Waals surface area contributed by atoms with Gasteiger partial charge in [-0.05, 0) is 49.3 Å². The van der Waals surface area contributed by atoms with Crippen molar-refractivity contribution in [2.45, 2.75) is 58.5 Å². The third kappa shape index (κ3) is 4.04. The molecule has 0 spiro atoms. The summed E-state index contributed by atoms with van der Waals surface area (Å²) in [4.78, 5) is 0. The lowest BCUT2D eigenvalue weighted by atomic mass is 9.79. The predicted molar refractivity (Wildman–Crippen MR) is 78.5 cm³/mol. The summed E-state index contributed by atoms with van der Waals surface area (Å²) in [5.41, 5.74) is 1.17. The fourth-order valence-corrected chi connectivity index (χ4v) is 3.19. The van der Waals surface area contributed by atoms with Crippen LogP contribution < -0.4 is 5.32 Å². The maximum Gasteiger partial charge on any atom is 0.123 e. The van der Waals surface area contributed by atoms with Crippen molar-refractivity contribution in [3.05, 3.63) is 35.6 Å². The zero-order chi connectivity index (χ0) is 13.8. The van der Waals surface area contributed by atoms with Crippen LogP contribution in [0.2, 0.25) is 0 Å². The van der Waals surface area contributed by atoms with Gasteiger partial charge in [0.1, 0.15) is 5.82 Å². The van der Waals surface area contributed by atoms with E-state index in [9.17, 15) is 4.39 Å². The van der Waals surface area contributed by atoms with Gasteiger partial charge in [0, 0.05) is 12.1 Å². The van der Waals surface area contributed by atoms with Crippen LogP contribution in [-0.2, 0) is 0 Å². The molecule has 1 aliphatic carbocycles. The normalized spacial score (nSPS) is 25.5. The molecule has 1 N–H and O–H groups in total. The highest BCUT2D eigenvalue weighted by Gasteiger charge is 2.25. The van der Waals surface area contributed by atoms with Crippen LogP contribution >= 0.6 is 0 Å². The molecule has 2 rings (SSSR count). The number of hydrogen-bond donors (Lipinski definition) is 1. The summed E-state index contributed by atoms with van der Waals surface area (Å²) >= 11 is 0. The zero-order valence-corrected chi connectivity index (χ0v) is 12.3. The van der Waals surface area contributed by atoms with Crippen LogP contribution in [0.4, 0.5) is 4.39 Å². The molecule has 1 saturated carbocycles. The molecule has 1 aromatic carbocycles. The molecule has 1 fully saturated rings. The number of nitrogens with one attached hydrogen (secondary N) is 1. The quantitative estimate of drug-likeness (QED) is 0.831. The summed E-state index contributed by atoms with van der Waals surface area (Å²) in [5.74, 6) is 1.48. The van der Waals surface area contributed by atoms with Crippen molar-refractivity contribution in [2.24, 2.45) is 11.8 Å². The molecule has 19 heavy (non-hydrogen) atoms. The first-order chi connectivity index (χ1) is 9.06. The topological polar surface area (TPSA) is 12.0 Å². The lowest BCUT2D eigenvalue weighted by molar-refractivity contribution is 0.223. The first-order valence-electron chi connectivity index (χ1n) is 7.57. The minimum atomic E-state index is -0.159. The standard InChI is InChI=1S/C17H26FN/c1-12(2)15-5-4-6-17(11-15)19-13(3)14-7-9-16(18)10-8-14/h7-10,12-13,15,17,19H,4-6,11H2,1-3H3/t13-,15?,17?/m0/s1. The summed E-state index contributed by atoms with van der Waals surface area (Å²) in [7, 11) is 0. The van der Waals surface area contributed by atoms with Crippen molar-refractivity contribution in [2.75, 3.05) is 0 Å². The van der Waals surface area contributed by atoms with E-state index in [2.05, 4.69) is 26.1 Å². The van der Waals surface area contributed by atoms with Crippen LogP contribution in [-0.4, -0.2) is 6.04 Å². The molecule has 2 unspecified atom stereocenters. The summed E-state index contributed by atoms with van der Waals surface area (Å²) in [6.45, 7) is 6.83. The first kappa shape index (κ1) is 14.5. The Morgan fingerprint density at radius 2 is 1.79 bits per heavy atom. The van der Waals surface area contributed by atoms with Gasteiger partial charge >= 0.3 is 0 Å². The van der Waals surface area contributed by atoms with Gasteiger partial charge in [0.2, 0.25) is 0 Å². The average Bonchev–Trinajstić information content (AvgIpc) is 2.39. The largest absolute Gasteiger partial charge is 0.307 e. The molecule has 0 saturated heterocycles. The van der Waals surface area contributed by atoms with Gasteiger partial charge in [-0.25, -0.2) is 4.39 Å². The van der Waals surface area contributed by atoms with Crippen LogP contribution in [0.3, 0.4) is 0 Å². The molecule has 0 amide bonds. The van der Waals surface area contributed by atoms with Crippen molar-refractivity contribution in [3.63, 3.8) is 0 Å². The average molecular weight is 263 g/mol. The number of halogens is 1. The molecule has 1 nitrogen and oxygen atoms in total. The Labute approximate surface area is 116 Å². The molecule has 0 aliphatic heterocycles. The maximum atomic E-state index is 12.9. The van der Waals surface area contributed by atoms with Crippen LogP contribution in [0, 0.1) is 17.7 Å². The molecule has 0 radical (unpaired) electrons. The van der Waals surface area contributed by atoms with E-state index in [1.54, 1.807) is 12.1 Å². The maximum absolute atomic E-state index is 12.9. The molecular formula is C17H26FN. The molecule has 106 valence electrons. The fourth-order valence-electron chi connectivity index (χ4n) is 3.19. The van der Waals surface area contributed by atoms with Crippen molar-refractivity contribution < 1.29 is 4.39 Å². The van der Waals surface area contributed by atoms with E-state index in [4.69, 9.17) is 0 Å². The Kier molecular flexibility index (Phi) is 4.98. The van der Waals surface area contributed by atoms with Crippen LogP contribution in [0.5, 0.6) is 0 Å². The zero-order valence-electron chi connectivity index (χ0n) is 12.3. The highest BCUT2D eigenvalue weighted by Crippen LogP contribution is 2.31. The fraction of sp³-hybridized carbons (Fsp3) is 0.647. The smallest absolute Gasteiger partial charge is 0.123 e. The van der Waals surface area contributed by atoms with E-state index in [-0.39, 0.29) is 5.82 Å². The Morgan fingerprint density at radius 1 is 1.11 bits per heavy atom. The second-order valence-corrected chi connectivity index (χ2v) is 6.31. The summed E-state index contributed by atoms with van der Waals surface area (Å²) < 4.78 is 12.9. The number of rotatable bonds is 4. The van der Waals surface area contributed by atoms with Gasteiger partial charge in [-0.2, -0.15) is 0 Å². The number of benzene rings is 1. The Bertz CT molecular complexity index is 385. The lowest BCUT2D eigenvalue weighted by Gasteiger charge is -2.34. The van der Waals surface area contributed by atoms with Gasteiger partial charge in [0.25, 0.3) is 0 Å². The van der Waals surface area contributed by atoms with Crippen LogP contribution in [0.15, 0.2) is 24.3 Å². The van der Waals surface area contributed by atoms with Gasteiger partial charge < -0.3 is 5.32 Å². The van der Waals surface area contributed by atoms with Gasteiger partial charge in [-0.1, -0.05) is 38.8 Å². The summed E-state index contributed by atoms with van der Waals surface area (Å²) in [5, 5.41) is 3.72. The van der Waals surface area contributed by atoms with E-state index in [0.717, 1.165) is 11.8 Å². The van der Waals surface area contributed by atoms with Crippen LogP contribution in [0.25, 0.3) is 0 Å². The third-order valence-electron chi connectivity index (χ3n) is 4.51. The molecular weight excluding hydrogens is 237 g/mol. The highest BCUT2D eigenvalue weighted by molar-refractivity contribution is 5.19. The van der Waals surface area contributed by atoms with Gasteiger partial charge in [0.05, 0.1) is 0 Å². The Morgan fingerprint density at radius 3 is 2.42 bits per heavy atom. The Hall–Kier alpha value is -0.890. The van der Waals surface area contributed by atoms with Gasteiger partial charge in [-0.3, -0.25) is 0 Å². The minimum Gasteiger partial charge on any atom is -0.307 e. The predicted octanol–water partition coefficient (Wildman–Crippen LogP) is 4.69. The van der Waals surface area contributed by atoms with E-state index in [1.165, 1.54) is 31.2 Å². The third-order valence-corrected chi connectivity index (χ3v) is 4.51. The Balaban J connectivity index is 1.91. The van der Waals surface area contributed by atoms with Gasteiger partial charge in [0.15, 0.2) is 0 Å². The molecule has 1 aliphatic rings. The van der Waals surface area contributed by atoms with Crippen molar-refractivity contribution in [1.29, 1.82) is 0 Å². The van der Waals surface area contributed by atoms with Crippen LogP contribution in [0.1, 0.15) is 58.1 Å². The van der Waals surface area contributed by atoms with Crippen molar-refractivity contribution >= 4 is 0 Å². The molecule has 2 heteroatoms. The second kappa shape index (κ2) is 6.51. The molecule has 3 atom stereocenters. The molecule has 0 bridgehead atoms. The monoisotopic (exact) mass is 263 g/mol. The van der Waals surface area contributed by atoms with Crippen molar-refractivity contribution in [3.8, 4) is 0 Å². The molecule has 1 aromatic rings. The summed E-state index contributed by atoms with van der Waals surface area (Å²) in [6, 6.07) is 7.78. The summed E-state index contributed by atoms with van der Waals surface area (Å²) in [6.07, 6.45) is 5.26. The highest BCUT2D eigenvalue weighted by atomic mass is 19.1. The van der Waals surface area contributed by atoms with E-state index < -0.39 is 0 Å². The molecule has 0 aromatic heterocycles. The van der Waals surface area contributed by atoms with E-state index in [0.29, 0.717) is 12.1 Å². The first-order valence-corrected chi connectivity index (χ1v) is 7.57. The van der Waals surface area contributed by atoms with E-state index in [1.807, 2.05) is 12.1 Å². The lowest BCUT2D eigenvalue weighted by Crippen LogP contribution is -2.37. The van der Waals surface area contributed by atoms with E-state index >= 15 is 0 Å². The minimum absolute atomic E-state index is 0.159. The SMILES string of the molecule is CC(C)C1CCCC(N[C@@H](C)c2ccc(F)cc2)C1. The number of hydrogen-bond acceptors (Lipinski definition) is 1. The molecule has 0 heterocycles.